The van der Waals surface area contributed by atoms with E-state index in [0.29, 0.717) is 0 Å². The van der Waals surface area contributed by atoms with Crippen LogP contribution in [0.1, 0.15) is 26.2 Å². The van der Waals surface area contributed by atoms with Crippen LogP contribution in [0, 0.1) is 0 Å². The Morgan fingerprint density at radius 1 is 1.19 bits per heavy atom. The monoisotopic (exact) mass is 318 g/mol. The average molecular weight is 319 g/mol. The average Bonchev–Trinajstić information content (AvgIpc) is 2.47. The minimum atomic E-state index is 0.831. The van der Waals surface area contributed by atoms with Crippen molar-refractivity contribution in [3.8, 4) is 0 Å². The predicted octanol–water partition coefficient (Wildman–Crippen LogP) is 1.65. The molecule has 0 heterocycles. The van der Waals surface area contributed by atoms with Crippen LogP contribution in [0.4, 0.5) is 0 Å². The molecule has 0 atom stereocenters. The number of ether oxygens (including phenoxy) is 1. The zero-order chi connectivity index (χ0) is 15.8. The van der Waals surface area contributed by atoms with Gasteiger partial charge in [-0.25, -0.2) is 0 Å². The minimum Gasteiger partial charge on any atom is -0.385 e. The van der Waals surface area contributed by atoms with Crippen molar-refractivity contribution in [3.63, 3.8) is 0 Å². The smallest absolute Gasteiger partial charge is 0.191 e. The van der Waals surface area contributed by atoms with Gasteiger partial charge in [-0.3, -0.25) is 4.99 Å². The summed E-state index contributed by atoms with van der Waals surface area (Å²) in [5, 5.41) is 6.69. The van der Waals surface area contributed by atoms with Crippen LogP contribution in [0.15, 0.2) is 4.99 Å². The molecule has 0 spiro atoms. The summed E-state index contributed by atoms with van der Waals surface area (Å²) in [4.78, 5) is 6.92. The van der Waals surface area contributed by atoms with Crippen LogP contribution in [0.3, 0.4) is 0 Å². The van der Waals surface area contributed by atoms with E-state index in [-0.39, 0.29) is 0 Å². The van der Waals surface area contributed by atoms with Gasteiger partial charge in [-0.15, -0.1) is 0 Å². The maximum atomic E-state index is 5.07. The lowest BCUT2D eigenvalue weighted by atomic mass is 10.3. The number of thioether (sulfide) groups is 1. The number of guanidine groups is 1. The van der Waals surface area contributed by atoms with Crippen LogP contribution < -0.4 is 10.6 Å². The standard InChI is InChI=1S/C15H34N4OS/c1-5-16-15(17-9-6-7-14-21-4)18-10-12-19(2)11-8-13-20-3/h5-14H2,1-4H3,(H2,16,17,18). The fourth-order valence-corrected chi connectivity index (χ4v) is 2.34. The van der Waals surface area contributed by atoms with Crippen LogP contribution in [-0.4, -0.2) is 76.4 Å². The third kappa shape index (κ3) is 14.2. The lowest BCUT2D eigenvalue weighted by Crippen LogP contribution is -2.41. The fraction of sp³-hybridized carbons (Fsp3) is 0.933. The minimum absolute atomic E-state index is 0.831. The first-order valence-electron chi connectivity index (χ1n) is 7.93. The zero-order valence-corrected chi connectivity index (χ0v) is 15.1. The molecule has 2 N–H and O–H groups in total. The molecule has 0 unspecified atom stereocenters. The Labute approximate surface area is 135 Å². The summed E-state index contributed by atoms with van der Waals surface area (Å²) in [7, 11) is 3.89. The highest BCUT2D eigenvalue weighted by molar-refractivity contribution is 7.98. The fourth-order valence-electron chi connectivity index (χ4n) is 1.85. The second-order valence-electron chi connectivity index (χ2n) is 5.04. The molecule has 0 saturated heterocycles. The lowest BCUT2D eigenvalue weighted by Gasteiger charge is -2.18. The van der Waals surface area contributed by atoms with Crippen molar-refractivity contribution in [3.05, 3.63) is 0 Å². The van der Waals surface area contributed by atoms with Crippen molar-refractivity contribution in [2.75, 3.05) is 65.5 Å². The summed E-state index contributed by atoms with van der Waals surface area (Å²) < 4.78 is 5.07. The molecule has 0 bridgehead atoms. The van der Waals surface area contributed by atoms with E-state index >= 15 is 0 Å². The van der Waals surface area contributed by atoms with E-state index < -0.39 is 0 Å². The van der Waals surface area contributed by atoms with Crippen molar-refractivity contribution >= 4 is 17.7 Å². The Hall–Kier alpha value is -0.460. The van der Waals surface area contributed by atoms with Crippen molar-refractivity contribution in [2.24, 2.45) is 4.99 Å². The molecule has 0 radical (unpaired) electrons. The van der Waals surface area contributed by atoms with Crippen molar-refractivity contribution in [1.82, 2.24) is 15.5 Å². The normalized spacial score (nSPS) is 12.0. The molecule has 0 aliphatic carbocycles. The van der Waals surface area contributed by atoms with E-state index in [4.69, 9.17) is 4.74 Å². The van der Waals surface area contributed by atoms with Gasteiger partial charge in [0.25, 0.3) is 0 Å². The summed E-state index contributed by atoms with van der Waals surface area (Å²) in [5.41, 5.74) is 0. The number of aliphatic imine (C=N–C) groups is 1. The maximum absolute atomic E-state index is 5.07. The van der Waals surface area contributed by atoms with E-state index in [1.165, 1.54) is 12.2 Å². The number of nitrogens with one attached hydrogen (secondary N) is 2. The Bertz CT molecular complexity index is 252. The van der Waals surface area contributed by atoms with Gasteiger partial charge in [0.1, 0.15) is 0 Å². The summed E-state index contributed by atoms with van der Waals surface area (Å²) in [6.07, 6.45) is 5.63. The largest absolute Gasteiger partial charge is 0.385 e. The van der Waals surface area contributed by atoms with Gasteiger partial charge in [-0.1, -0.05) is 0 Å². The molecule has 21 heavy (non-hydrogen) atoms. The second-order valence-corrected chi connectivity index (χ2v) is 6.02. The first-order chi connectivity index (χ1) is 10.2. The zero-order valence-electron chi connectivity index (χ0n) is 14.3. The van der Waals surface area contributed by atoms with Gasteiger partial charge in [0, 0.05) is 46.4 Å². The molecule has 0 amide bonds. The predicted molar refractivity (Wildman–Crippen MR) is 95.6 cm³/mol. The highest BCUT2D eigenvalue weighted by atomic mass is 32.2. The van der Waals surface area contributed by atoms with Crippen molar-refractivity contribution in [1.29, 1.82) is 0 Å². The van der Waals surface area contributed by atoms with Crippen molar-refractivity contribution < 1.29 is 4.74 Å². The number of methoxy groups -OCH3 is 1. The molecule has 0 aromatic rings. The Balaban J connectivity index is 3.78. The SMILES string of the molecule is CCNC(=NCCCCSC)NCCN(C)CCCOC. The van der Waals surface area contributed by atoms with Gasteiger partial charge in [0.15, 0.2) is 5.96 Å². The third-order valence-electron chi connectivity index (χ3n) is 3.04. The van der Waals surface area contributed by atoms with Crippen LogP contribution in [0.2, 0.25) is 0 Å². The lowest BCUT2D eigenvalue weighted by molar-refractivity contribution is 0.180. The van der Waals surface area contributed by atoms with E-state index in [1.54, 1.807) is 7.11 Å². The summed E-state index contributed by atoms with van der Waals surface area (Å²) in [6.45, 7) is 7.73. The first-order valence-corrected chi connectivity index (χ1v) is 9.32. The van der Waals surface area contributed by atoms with Crippen LogP contribution >= 0.6 is 11.8 Å². The molecule has 126 valence electrons. The number of nitrogens with zero attached hydrogens (tertiary/aromatic N) is 2. The quantitative estimate of drug-likeness (QED) is 0.307. The molecular formula is C15H34N4OS. The molecule has 0 saturated carbocycles. The summed E-state index contributed by atoms with van der Waals surface area (Å²) in [5.74, 6) is 2.16. The molecule has 0 aliphatic heterocycles. The van der Waals surface area contributed by atoms with E-state index in [1.807, 2.05) is 11.8 Å². The maximum Gasteiger partial charge on any atom is 0.191 e. The summed E-state index contributed by atoms with van der Waals surface area (Å²) in [6, 6.07) is 0. The number of rotatable bonds is 13. The highest BCUT2D eigenvalue weighted by Gasteiger charge is 2.00. The Kier molecular flexibility index (Phi) is 15.6. The van der Waals surface area contributed by atoms with Gasteiger partial charge in [0.2, 0.25) is 0 Å². The van der Waals surface area contributed by atoms with E-state index in [9.17, 15) is 0 Å². The molecule has 6 heteroatoms. The number of hydrogen-bond acceptors (Lipinski definition) is 4. The molecule has 5 nitrogen and oxygen atoms in total. The number of hydrogen-bond donors (Lipinski definition) is 2. The molecule has 0 rings (SSSR count). The highest BCUT2D eigenvalue weighted by Crippen LogP contribution is 1.98. The van der Waals surface area contributed by atoms with Crippen molar-refractivity contribution in [2.45, 2.75) is 26.2 Å². The van der Waals surface area contributed by atoms with E-state index in [0.717, 1.165) is 58.1 Å². The first kappa shape index (κ1) is 20.5. The molecular weight excluding hydrogens is 284 g/mol. The van der Waals surface area contributed by atoms with Gasteiger partial charge < -0.3 is 20.3 Å². The Morgan fingerprint density at radius 2 is 2.00 bits per heavy atom. The molecule has 0 aromatic heterocycles. The van der Waals surface area contributed by atoms with E-state index in [2.05, 4.69) is 40.8 Å². The second kappa shape index (κ2) is 15.9. The topological polar surface area (TPSA) is 48.9 Å². The Morgan fingerprint density at radius 3 is 2.67 bits per heavy atom. The van der Waals surface area contributed by atoms with Gasteiger partial charge in [-0.05, 0) is 45.2 Å². The summed E-state index contributed by atoms with van der Waals surface area (Å²) >= 11 is 1.90. The number of likely N-dealkylation sites (N-methyl/N-ethyl adjacent to an activating group) is 1. The van der Waals surface area contributed by atoms with Gasteiger partial charge >= 0.3 is 0 Å². The van der Waals surface area contributed by atoms with Gasteiger partial charge in [-0.2, -0.15) is 11.8 Å². The van der Waals surface area contributed by atoms with Crippen LogP contribution in [-0.2, 0) is 4.74 Å². The molecule has 0 fully saturated rings. The molecule has 0 aromatic carbocycles. The molecule has 0 aliphatic rings. The van der Waals surface area contributed by atoms with Crippen LogP contribution in [0.5, 0.6) is 0 Å². The van der Waals surface area contributed by atoms with Crippen LogP contribution in [0.25, 0.3) is 0 Å². The number of unbranched alkanes of at least 4 members (excludes halogenated alkanes) is 1. The third-order valence-corrected chi connectivity index (χ3v) is 3.74. The van der Waals surface area contributed by atoms with Gasteiger partial charge in [0.05, 0.1) is 0 Å².